The number of Topliss-reactive ketones (excluding diaryl/α,β-unsaturated/α-hetero) is 1. The predicted molar refractivity (Wildman–Crippen MR) is 128 cm³/mol. The zero-order valence-corrected chi connectivity index (χ0v) is 24.0. The molecule has 222 valence electrons. The minimum absolute atomic E-state index is 0.0649. The van der Waals surface area contributed by atoms with E-state index in [0.29, 0.717) is 23.8 Å². The molecule has 0 fully saturated rings. The van der Waals surface area contributed by atoms with Crippen molar-refractivity contribution in [1.29, 1.82) is 0 Å². The van der Waals surface area contributed by atoms with Gasteiger partial charge in [-0.25, -0.2) is 8.78 Å². The van der Waals surface area contributed by atoms with Crippen LogP contribution in [0.15, 0.2) is 19.7 Å². The van der Waals surface area contributed by atoms with Crippen LogP contribution in [-0.2, 0) is 0 Å². The Labute approximate surface area is 238 Å². The summed E-state index contributed by atoms with van der Waals surface area (Å²) in [4.78, 5) is 11.9. The molecule has 0 N–H and O–H groups in total. The Hall–Kier alpha value is -1.01. The molecule has 2 aromatic rings. The molecular formula is C21H16Br2F12O2S2. The van der Waals surface area contributed by atoms with Crippen LogP contribution < -0.4 is 4.74 Å². The summed E-state index contributed by atoms with van der Waals surface area (Å²) in [7, 11) is 0. The molecule has 18 heteroatoms. The van der Waals surface area contributed by atoms with Crippen molar-refractivity contribution >= 4 is 60.3 Å². The maximum atomic E-state index is 14.6. The topological polar surface area (TPSA) is 26.3 Å². The highest BCUT2D eigenvalue weighted by Crippen LogP contribution is 2.59. The molecule has 2 aromatic heterocycles. The molecule has 0 saturated carbocycles. The normalized spacial score (nSPS) is 13.8. The summed E-state index contributed by atoms with van der Waals surface area (Å²) in [5.41, 5.74) is -1.35. The number of alkyl halides is 12. The molecule has 0 aliphatic heterocycles. The van der Waals surface area contributed by atoms with Crippen molar-refractivity contribution in [3.63, 3.8) is 0 Å². The van der Waals surface area contributed by atoms with Gasteiger partial charge in [0, 0.05) is 11.6 Å². The zero-order valence-electron chi connectivity index (χ0n) is 19.2. The van der Waals surface area contributed by atoms with Gasteiger partial charge < -0.3 is 4.74 Å². The number of ketones is 1. The Kier molecular flexibility index (Phi) is 10.6. The lowest BCUT2D eigenvalue weighted by Crippen LogP contribution is -2.69. The van der Waals surface area contributed by atoms with E-state index in [-0.39, 0.29) is 24.8 Å². The number of thiophene rings is 2. The van der Waals surface area contributed by atoms with Crippen LogP contribution in [0.4, 0.5) is 52.7 Å². The van der Waals surface area contributed by atoms with Crippen molar-refractivity contribution in [2.24, 2.45) is 0 Å². The highest BCUT2D eigenvalue weighted by atomic mass is 79.9. The molecule has 0 aliphatic carbocycles. The minimum atomic E-state index is -7.79. The summed E-state index contributed by atoms with van der Waals surface area (Å²) in [5.74, 6) is -39.9. The zero-order chi connectivity index (χ0) is 30.2. The molecule has 0 aliphatic rings. The van der Waals surface area contributed by atoms with E-state index in [9.17, 15) is 57.5 Å². The average Bonchev–Trinajstić information content (AvgIpc) is 3.39. The first kappa shape index (κ1) is 34.2. The van der Waals surface area contributed by atoms with Crippen LogP contribution in [0.3, 0.4) is 0 Å². The third-order valence-corrected chi connectivity index (χ3v) is 8.84. The minimum Gasteiger partial charge on any atom is -0.491 e. The Bertz CT molecular complexity index is 1160. The van der Waals surface area contributed by atoms with Crippen LogP contribution in [0.25, 0.3) is 9.75 Å². The maximum absolute atomic E-state index is 14.6. The number of hydrogen-bond donors (Lipinski definition) is 0. The highest BCUT2D eigenvalue weighted by Gasteiger charge is 2.89. The third-order valence-electron chi connectivity index (χ3n) is 5.24. The molecule has 0 radical (unpaired) electrons. The second-order valence-corrected chi connectivity index (χ2v) is 12.8. The van der Waals surface area contributed by atoms with E-state index >= 15 is 0 Å². The Morgan fingerprint density at radius 2 is 1.46 bits per heavy atom. The Morgan fingerprint density at radius 1 is 0.872 bits per heavy atom. The molecule has 0 atom stereocenters. The molecule has 2 rings (SSSR count). The molecule has 2 nitrogen and oxygen atoms in total. The van der Waals surface area contributed by atoms with E-state index in [1.54, 1.807) is 0 Å². The van der Waals surface area contributed by atoms with Gasteiger partial charge in [0.25, 0.3) is 0 Å². The fourth-order valence-electron chi connectivity index (χ4n) is 3.04. The number of ether oxygens (including phenoxy) is 1. The summed E-state index contributed by atoms with van der Waals surface area (Å²) in [6.07, 6.45) is -2.28. The van der Waals surface area contributed by atoms with Gasteiger partial charge in [0.2, 0.25) is 5.78 Å². The molecule has 0 amide bonds. The maximum Gasteiger partial charge on any atom is 0.386 e. The van der Waals surface area contributed by atoms with Crippen molar-refractivity contribution < 1.29 is 62.2 Å². The Morgan fingerprint density at radius 3 is 2.00 bits per heavy atom. The van der Waals surface area contributed by atoms with Gasteiger partial charge in [0.05, 0.1) is 20.1 Å². The van der Waals surface area contributed by atoms with Crippen molar-refractivity contribution in [2.75, 3.05) is 6.61 Å². The average molecular weight is 752 g/mol. The quantitative estimate of drug-likeness (QED) is 0.109. The first-order chi connectivity index (χ1) is 17.7. The van der Waals surface area contributed by atoms with E-state index in [2.05, 4.69) is 31.9 Å². The van der Waals surface area contributed by atoms with Gasteiger partial charge in [0.15, 0.2) is 0 Å². The molecular weight excluding hydrogens is 736 g/mol. The molecule has 2 heterocycles. The van der Waals surface area contributed by atoms with Crippen LogP contribution in [-0.4, -0.2) is 48.4 Å². The van der Waals surface area contributed by atoms with Gasteiger partial charge in [-0.2, -0.15) is 43.9 Å². The Balaban J connectivity index is 2.48. The van der Waals surface area contributed by atoms with Gasteiger partial charge >= 0.3 is 36.0 Å². The van der Waals surface area contributed by atoms with Crippen molar-refractivity contribution in [3.05, 3.63) is 25.3 Å². The number of halogens is 14. The van der Waals surface area contributed by atoms with Crippen LogP contribution in [0.5, 0.6) is 5.75 Å². The number of unbranched alkanes of at least 4 members (excludes halogenated alkanes) is 3. The molecule has 0 bridgehead atoms. The number of carbonyl (C=O) groups is 1. The highest BCUT2D eigenvalue weighted by molar-refractivity contribution is 9.11. The molecule has 0 aromatic carbocycles. The molecule has 0 unspecified atom stereocenters. The standard InChI is InChI=1S/C21H16Br2F12O2S2/c1-2-3-4-5-6-37-10-8-11(38-15(10)23)13-9(7-12(22)39-13)14(36)17(26,27)19(30,31)21(34,35)20(32,33)18(28,29)16(24)25/h7-8,16H,2-6H2,1H3. The lowest BCUT2D eigenvalue weighted by Gasteiger charge is -2.38. The van der Waals surface area contributed by atoms with Crippen LogP contribution in [0.1, 0.15) is 43.0 Å². The van der Waals surface area contributed by atoms with E-state index in [0.717, 1.165) is 30.6 Å². The fourth-order valence-corrected chi connectivity index (χ4v) is 6.33. The predicted octanol–water partition coefficient (Wildman–Crippen LogP) is 10.6. The van der Waals surface area contributed by atoms with Crippen LogP contribution in [0, 0.1) is 0 Å². The summed E-state index contributed by atoms with van der Waals surface area (Å²) < 4.78 is 169. The summed E-state index contributed by atoms with van der Waals surface area (Å²) >= 11 is 7.21. The molecule has 0 saturated heterocycles. The van der Waals surface area contributed by atoms with Gasteiger partial charge in [0.1, 0.15) is 9.54 Å². The fraction of sp³-hybridized carbons (Fsp3) is 0.571. The van der Waals surface area contributed by atoms with Crippen LogP contribution >= 0.6 is 54.5 Å². The van der Waals surface area contributed by atoms with E-state index in [4.69, 9.17) is 4.74 Å². The van der Waals surface area contributed by atoms with E-state index < -0.39 is 52.3 Å². The van der Waals surface area contributed by atoms with Crippen molar-refractivity contribution in [3.8, 4) is 15.5 Å². The first-order valence-electron chi connectivity index (χ1n) is 10.6. The molecule has 39 heavy (non-hydrogen) atoms. The van der Waals surface area contributed by atoms with Gasteiger partial charge in [-0.3, -0.25) is 4.79 Å². The largest absolute Gasteiger partial charge is 0.491 e. The number of rotatable bonds is 14. The smallest absolute Gasteiger partial charge is 0.386 e. The monoisotopic (exact) mass is 750 g/mol. The second kappa shape index (κ2) is 12.1. The lowest BCUT2D eigenvalue weighted by atomic mass is 9.90. The SMILES string of the molecule is CCCCCCOc1cc(-c2sc(Br)cc2C(=O)C(F)(F)C(F)(F)C(F)(F)C(F)(F)C(F)(F)C(F)F)sc1Br. The van der Waals surface area contributed by atoms with E-state index in [1.807, 2.05) is 6.92 Å². The number of hydrogen-bond acceptors (Lipinski definition) is 4. The summed E-state index contributed by atoms with van der Waals surface area (Å²) in [6.45, 7) is 2.21. The second-order valence-electron chi connectivity index (χ2n) is 8.00. The van der Waals surface area contributed by atoms with Crippen molar-refractivity contribution in [2.45, 2.75) is 68.6 Å². The lowest BCUT2D eigenvalue weighted by molar-refractivity contribution is -0.405. The number of carbonyl (C=O) groups excluding carboxylic acids is 1. The van der Waals surface area contributed by atoms with Crippen LogP contribution in [0.2, 0.25) is 0 Å². The first-order valence-corrected chi connectivity index (χ1v) is 13.8. The third kappa shape index (κ3) is 6.12. The summed E-state index contributed by atoms with van der Waals surface area (Å²) in [6, 6.07) is 1.72. The molecule has 0 spiro atoms. The van der Waals surface area contributed by atoms with Crippen molar-refractivity contribution in [1.82, 2.24) is 0 Å². The van der Waals surface area contributed by atoms with Gasteiger partial charge in [-0.05, 0) is 44.3 Å². The van der Waals surface area contributed by atoms with Gasteiger partial charge in [-0.1, -0.05) is 26.2 Å². The summed E-state index contributed by atoms with van der Waals surface area (Å²) in [5, 5.41) is 0. The van der Waals surface area contributed by atoms with E-state index in [1.165, 1.54) is 6.07 Å². The van der Waals surface area contributed by atoms with Gasteiger partial charge in [-0.15, -0.1) is 22.7 Å².